The fourth-order valence-electron chi connectivity index (χ4n) is 2.32. The van der Waals surface area contributed by atoms with Crippen molar-refractivity contribution in [3.63, 3.8) is 0 Å². The first kappa shape index (κ1) is 14.3. The lowest BCUT2D eigenvalue weighted by Gasteiger charge is -2.10. The molecule has 2 aromatic rings. The number of halogens is 1. The van der Waals surface area contributed by atoms with Gasteiger partial charge in [0.1, 0.15) is 11.5 Å². The van der Waals surface area contributed by atoms with Gasteiger partial charge in [0.15, 0.2) is 0 Å². The minimum Gasteiger partial charge on any atom is -0.466 e. The molecule has 0 fully saturated rings. The normalized spacial score (nSPS) is 12.9. The number of hydrogen-bond donors (Lipinski definition) is 1. The zero-order chi connectivity index (χ0) is 14.2. The first-order valence-electron chi connectivity index (χ1n) is 6.39. The molecule has 0 saturated heterocycles. The number of nitrogens with zero attached hydrogens (tertiary/aromatic N) is 2. The van der Waals surface area contributed by atoms with Gasteiger partial charge in [-0.1, -0.05) is 6.92 Å². The Balaban J connectivity index is 2.26. The van der Waals surface area contributed by atoms with Crippen LogP contribution in [0, 0.1) is 13.8 Å². The van der Waals surface area contributed by atoms with Crippen molar-refractivity contribution in [2.75, 3.05) is 0 Å². The smallest absolute Gasteiger partial charge is 0.106 e. The van der Waals surface area contributed by atoms with Crippen LogP contribution in [-0.4, -0.2) is 14.9 Å². The van der Waals surface area contributed by atoms with Gasteiger partial charge in [-0.15, -0.1) is 0 Å². The number of aliphatic hydroxyl groups excluding tert-OH is 1. The minimum absolute atomic E-state index is 0.518. The summed E-state index contributed by atoms with van der Waals surface area (Å²) in [6.07, 6.45) is 0.812. The van der Waals surface area contributed by atoms with Gasteiger partial charge in [0.2, 0.25) is 0 Å². The van der Waals surface area contributed by atoms with Gasteiger partial charge in [-0.25, -0.2) is 0 Å². The maximum atomic E-state index is 10.4. The molecule has 0 aliphatic rings. The second-order valence-electron chi connectivity index (χ2n) is 4.77. The lowest BCUT2D eigenvalue weighted by Crippen LogP contribution is -2.07. The van der Waals surface area contributed by atoms with Crippen molar-refractivity contribution < 1.29 is 9.52 Å². The Bertz CT molecular complexity index is 587. The summed E-state index contributed by atoms with van der Waals surface area (Å²) in [7, 11) is 1.90. The van der Waals surface area contributed by atoms with Gasteiger partial charge in [0, 0.05) is 19.0 Å². The van der Waals surface area contributed by atoms with Gasteiger partial charge in [-0.3, -0.25) is 4.68 Å². The average molecular weight is 327 g/mol. The van der Waals surface area contributed by atoms with Crippen LogP contribution in [0.2, 0.25) is 0 Å². The molecule has 0 saturated carbocycles. The fraction of sp³-hybridized carbons (Fsp3) is 0.500. The number of aliphatic hydroxyl groups is 1. The van der Waals surface area contributed by atoms with Gasteiger partial charge in [0.25, 0.3) is 0 Å². The number of hydrogen-bond acceptors (Lipinski definition) is 3. The highest BCUT2D eigenvalue weighted by atomic mass is 79.9. The van der Waals surface area contributed by atoms with Crippen molar-refractivity contribution in [3.8, 4) is 0 Å². The van der Waals surface area contributed by atoms with Crippen LogP contribution >= 0.6 is 15.9 Å². The Morgan fingerprint density at radius 2 is 2.16 bits per heavy atom. The predicted octanol–water partition coefficient (Wildman–Crippen LogP) is 3.23. The largest absolute Gasteiger partial charge is 0.466 e. The van der Waals surface area contributed by atoms with E-state index in [4.69, 9.17) is 4.42 Å². The van der Waals surface area contributed by atoms with E-state index >= 15 is 0 Å². The van der Waals surface area contributed by atoms with Crippen molar-refractivity contribution in [3.05, 3.63) is 39.0 Å². The van der Waals surface area contributed by atoms with Gasteiger partial charge in [0.05, 0.1) is 22.0 Å². The van der Waals surface area contributed by atoms with E-state index in [1.54, 1.807) is 0 Å². The molecular weight excluding hydrogens is 308 g/mol. The molecule has 0 spiro atoms. The summed E-state index contributed by atoms with van der Waals surface area (Å²) in [5.74, 6) is 1.60. The summed E-state index contributed by atoms with van der Waals surface area (Å²) in [6, 6.07) is 1.89. The summed E-state index contributed by atoms with van der Waals surface area (Å²) in [5.41, 5.74) is 2.87. The number of aromatic nitrogens is 2. The van der Waals surface area contributed by atoms with E-state index in [0.717, 1.165) is 39.4 Å². The Morgan fingerprint density at radius 3 is 2.63 bits per heavy atom. The molecule has 0 amide bonds. The molecule has 0 aliphatic heterocycles. The zero-order valence-corrected chi connectivity index (χ0v) is 13.3. The van der Waals surface area contributed by atoms with Crippen LogP contribution in [0.3, 0.4) is 0 Å². The van der Waals surface area contributed by atoms with Gasteiger partial charge in [-0.2, -0.15) is 5.10 Å². The van der Waals surface area contributed by atoms with E-state index in [0.29, 0.717) is 6.42 Å². The van der Waals surface area contributed by atoms with Crippen LogP contribution < -0.4 is 0 Å². The Kier molecular flexibility index (Phi) is 4.16. The SMILES string of the molecule is CCc1nn(C)c(CC(O)c2cc(C)oc2C)c1Br. The highest BCUT2D eigenvalue weighted by molar-refractivity contribution is 9.10. The molecule has 2 rings (SSSR count). The third kappa shape index (κ3) is 2.77. The van der Waals surface area contributed by atoms with E-state index in [1.165, 1.54) is 0 Å². The van der Waals surface area contributed by atoms with Crippen LogP contribution in [0.25, 0.3) is 0 Å². The summed E-state index contributed by atoms with van der Waals surface area (Å²) in [5, 5.41) is 14.8. The van der Waals surface area contributed by atoms with E-state index < -0.39 is 6.10 Å². The monoisotopic (exact) mass is 326 g/mol. The van der Waals surface area contributed by atoms with Crippen LogP contribution in [0.5, 0.6) is 0 Å². The summed E-state index contributed by atoms with van der Waals surface area (Å²) in [4.78, 5) is 0. The highest BCUT2D eigenvalue weighted by Crippen LogP contribution is 2.29. The Labute approximate surface area is 121 Å². The second-order valence-corrected chi connectivity index (χ2v) is 5.57. The van der Waals surface area contributed by atoms with Crippen molar-refractivity contribution in [2.24, 2.45) is 7.05 Å². The molecule has 2 aromatic heterocycles. The van der Waals surface area contributed by atoms with E-state index in [1.807, 2.05) is 31.6 Å². The average Bonchev–Trinajstić information content (AvgIpc) is 2.82. The van der Waals surface area contributed by atoms with Crippen LogP contribution in [-0.2, 0) is 19.9 Å². The minimum atomic E-state index is -0.575. The number of aryl methyl sites for hydroxylation is 4. The van der Waals surface area contributed by atoms with Crippen molar-refractivity contribution in [1.29, 1.82) is 0 Å². The topological polar surface area (TPSA) is 51.2 Å². The molecule has 104 valence electrons. The first-order valence-corrected chi connectivity index (χ1v) is 7.18. The van der Waals surface area contributed by atoms with Crippen LogP contribution in [0.1, 0.15) is 41.5 Å². The molecule has 1 N–H and O–H groups in total. The summed E-state index contributed by atoms with van der Waals surface area (Å²) >= 11 is 3.57. The van der Waals surface area contributed by atoms with E-state index in [2.05, 4.69) is 28.0 Å². The number of rotatable bonds is 4. The van der Waals surface area contributed by atoms with E-state index in [-0.39, 0.29) is 0 Å². The van der Waals surface area contributed by atoms with Crippen molar-refractivity contribution in [1.82, 2.24) is 9.78 Å². The molecule has 0 aliphatic carbocycles. The molecular formula is C14H19BrN2O2. The fourth-order valence-corrected chi connectivity index (χ4v) is 3.09. The maximum absolute atomic E-state index is 10.4. The highest BCUT2D eigenvalue weighted by Gasteiger charge is 2.20. The van der Waals surface area contributed by atoms with Crippen molar-refractivity contribution in [2.45, 2.75) is 39.7 Å². The molecule has 1 atom stereocenters. The lowest BCUT2D eigenvalue weighted by molar-refractivity contribution is 0.173. The van der Waals surface area contributed by atoms with Crippen LogP contribution in [0.4, 0.5) is 0 Å². The summed E-state index contributed by atoms with van der Waals surface area (Å²) in [6.45, 7) is 5.83. The molecule has 0 radical (unpaired) electrons. The van der Waals surface area contributed by atoms with Gasteiger partial charge in [-0.05, 0) is 42.3 Å². The lowest BCUT2D eigenvalue weighted by atomic mass is 10.1. The third-order valence-electron chi connectivity index (χ3n) is 3.33. The second kappa shape index (κ2) is 5.51. The Morgan fingerprint density at radius 1 is 1.47 bits per heavy atom. The molecule has 2 heterocycles. The van der Waals surface area contributed by atoms with E-state index in [9.17, 15) is 5.11 Å². The molecule has 0 aromatic carbocycles. The molecule has 0 bridgehead atoms. The van der Waals surface area contributed by atoms with Gasteiger partial charge >= 0.3 is 0 Å². The number of furan rings is 1. The van der Waals surface area contributed by atoms with Crippen molar-refractivity contribution >= 4 is 15.9 Å². The zero-order valence-electron chi connectivity index (χ0n) is 11.7. The third-order valence-corrected chi connectivity index (χ3v) is 4.24. The molecule has 4 nitrogen and oxygen atoms in total. The molecule has 5 heteroatoms. The summed E-state index contributed by atoms with van der Waals surface area (Å²) < 4.78 is 8.29. The standard InChI is InChI=1S/C14H19BrN2O2/c1-5-11-14(15)12(17(4)16-11)7-13(18)10-6-8(2)19-9(10)3/h6,13,18H,5,7H2,1-4H3. The van der Waals surface area contributed by atoms with Gasteiger partial charge < -0.3 is 9.52 Å². The molecule has 1 unspecified atom stereocenters. The van der Waals surface area contributed by atoms with Crippen LogP contribution in [0.15, 0.2) is 15.0 Å². The quantitative estimate of drug-likeness (QED) is 0.938. The maximum Gasteiger partial charge on any atom is 0.106 e. The molecule has 19 heavy (non-hydrogen) atoms. The predicted molar refractivity (Wildman–Crippen MR) is 77.1 cm³/mol. The first-order chi connectivity index (χ1) is 8.93. The Hall–Kier alpha value is -1.07.